The van der Waals surface area contributed by atoms with Gasteiger partial charge in [0.15, 0.2) is 5.65 Å². The van der Waals surface area contributed by atoms with E-state index in [1.807, 2.05) is 23.1 Å². The molecule has 1 fully saturated rings. The summed E-state index contributed by atoms with van der Waals surface area (Å²) in [6.45, 7) is 1.04. The van der Waals surface area contributed by atoms with Crippen molar-refractivity contribution in [2.75, 3.05) is 18.0 Å². The number of piperidine rings is 1. The molecule has 0 saturated carbocycles. The van der Waals surface area contributed by atoms with Gasteiger partial charge in [0.25, 0.3) is 0 Å². The highest BCUT2D eigenvalue weighted by Crippen LogP contribution is 2.38. The van der Waals surface area contributed by atoms with Crippen LogP contribution in [0.15, 0.2) is 48.7 Å². The fourth-order valence-electron chi connectivity index (χ4n) is 3.57. The van der Waals surface area contributed by atoms with Gasteiger partial charge in [0.1, 0.15) is 17.9 Å². The quantitative estimate of drug-likeness (QED) is 0.637. The Kier molecular flexibility index (Phi) is 4.28. The molecule has 3 heterocycles. The van der Waals surface area contributed by atoms with Gasteiger partial charge in [0.2, 0.25) is 0 Å². The summed E-state index contributed by atoms with van der Waals surface area (Å²) in [7, 11) is 0. The van der Waals surface area contributed by atoms with Crippen molar-refractivity contribution in [1.29, 1.82) is 0 Å². The van der Waals surface area contributed by atoms with E-state index < -0.39 is 18.3 Å². The van der Waals surface area contributed by atoms with E-state index in [4.69, 9.17) is 0 Å². The molecule has 1 saturated heterocycles. The van der Waals surface area contributed by atoms with Crippen molar-refractivity contribution in [3.05, 3.63) is 60.0 Å². The number of rotatable bonds is 3. The number of halogens is 4. The van der Waals surface area contributed by atoms with Crippen LogP contribution in [0.4, 0.5) is 23.2 Å². The SMILES string of the molecule is FC(F)(F)Cc1nnc2cc(N3CCC(F)(c4ccccc4)CC3)ccn12. The van der Waals surface area contributed by atoms with Crippen molar-refractivity contribution in [2.24, 2.45) is 0 Å². The van der Waals surface area contributed by atoms with Crippen LogP contribution in [0.1, 0.15) is 24.2 Å². The van der Waals surface area contributed by atoms with Gasteiger partial charge >= 0.3 is 6.18 Å². The molecule has 3 aromatic rings. The fraction of sp³-hybridized carbons (Fsp3) is 0.368. The predicted molar refractivity (Wildman–Crippen MR) is 93.4 cm³/mol. The smallest absolute Gasteiger partial charge is 0.371 e. The lowest BCUT2D eigenvalue weighted by atomic mass is 9.86. The van der Waals surface area contributed by atoms with Gasteiger partial charge in [-0.3, -0.25) is 4.40 Å². The summed E-state index contributed by atoms with van der Waals surface area (Å²) in [6.07, 6.45) is -3.21. The van der Waals surface area contributed by atoms with Crippen LogP contribution in [-0.4, -0.2) is 33.9 Å². The molecule has 0 aliphatic carbocycles. The van der Waals surface area contributed by atoms with Crippen LogP contribution < -0.4 is 4.90 Å². The van der Waals surface area contributed by atoms with Crippen molar-refractivity contribution in [3.8, 4) is 0 Å². The molecule has 2 aromatic heterocycles. The molecular weight excluding hydrogens is 360 g/mol. The van der Waals surface area contributed by atoms with Gasteiger partial charge in [0.05, 0.1) is 0 Å². The molecule has 8 heteroatoms. The van der Waals surface area contributed by atoms with Gasteiger partial charge in [-0.2, -0.15) is 13.2 Å². The second-order valence-corrected chi connectivity index (χ2v) is 6.84. The maximum absolute atomic E-state index is 15.2. The van der Waals surface area contributed by atoms with Crippen LogP contribution in [0, 0.1) is 0 Å². The molecular formula is C19H18F4N4. The van der Waals surface area contributed by atoms with E-state index in [1.165, 1.54) is 4.40 Å². The van der Waals surface area contributed by atoms with Crippen molar-refractivity contribution in [1.82, 2.24) is 14.6 Å². The first-order valence-electron chi connectivity index (χ1n) is 8.74. The minimum Gasteiger partial charge on any atom is -0.371 e. The molecule has 27 heavy (non-hydrogen) atoms. The van der Waals surface area contributed by atoms with Crippen molar-refractivity contribution in [2.45, 2.75) is 31.1 Å². The number of hydrogen-bond acceptors (Lipinski definition) is 3. The molecule has 1 aliphatic rings. The van der Waals surface area contributed by atoms with E-state index in [0.717, 1.165) is 5.69 Å². The third-order valence-electron chi connectivity index (χ3n) is 5.03. The number of anilines is 1. The summed E-state index contributed by atoms with van der Waals surface area (Å²) < 4.78 is 54.4. The Balaban J connectivity index is 1.51. The zero-order valence-electron chi connectivity index (χ0n) is 14.5. The van der Waals surface area contributed by atoms with Gasteiger partial charge in [-0.25, -0.2) is 4.39 Å². The molecule has 0 bridgehead atoms. The lowest BCUT2D eigenvalue weighted by molar-refractivity contribution is -0.128. The second kappa shape index (κ2) is 6.51. The summed E-state index contributed by atoms with van der Waals surface area (Å²) in [4.78, 5) is 2.03. The average Bonchev–Trinajstić information content (AvgIpc) is 3.03. The van der Waals surface area contributed by atoms with Crippen LogP contribution in [0.2, 0.25) is 0 Å². The Bertz CT molecular complexity index is 928. The van der Waals surface area contributed by atoms with E-state index in [9.17, 15) is 13.2 Å². The molecule has 0 unspecified atom stereocenters. The van der Waals surface area contributed by atoms with Gasteiger partial charge < -0.3 is 4.90 Å². The highest BCUT2D eigenvalue weighted by Gasteiger charge is 2.36. The van der Waals surface area contributed by atoms with Gasteiger partial charge in [-0.05, 0) is 11.6 Å². The molecule has 0 radical (unpaired) electrons. The Labute approximate surface area is 153 Å². The van der Waals surface area contributed by atoms with Crippen LogP contribution in [0.3, 0.4) is 0 Å². The van der Waals surface area contributed by atoms with E-state index >= 15 is 4.39 Å². The summed E-state index contributed by atoms with van der Waals surface area (Å²) in [6, 6.07) is 12.6. The predicted octanol–water partition coefficient (Wildman–Crippen LogP) is 4.30. The molecule has 4 rings (SSSR count). The van der Waals surface area contributed by atoms with Gasteiger partial charge in [-0.15, -0.1) is 10.2 Å². The van der Waals surface area contributed by atoms with E-state index in [1.54, 1.807) is 30.5 Å². The van der Waals surface area contributed by atoms with Crippen LogP contribution in [0.25, 0.3) is 5.65 Å². The largest absolute Gasteiger partial charge is 0.396 e. The summed E-state index contributed by atoms with van der Waals surface area (Å²) in [5.41, 5.74) is 0.501. The number of nitrogens with zero attached hydrogens (tertiary/aromatic N) is 4. The number of alkyl halides is 4. The Morgan fingerprint density at radius 2 is 1.70 bits per heavy atom. The third kappa shape index (κ3) is 3.61. The summed E-state index contributed by atoms with van der Waals surface area (Å²) >= 11 is 0. The van der Waals surface area contributed by atoms with Crippen LogP contribution in [0.5, 0.6) is 0 Å². The first-order chi connectivity index (χ1) is 12.8. The minimum absolute atomic E-state index is 0.144. The standard InChI is InChI=1S/C19H18F4N4/c20-18(14-4-2-1-3-5-14)7-10-26(11-8-18)15-6-9-27-16(12-15)24-25-17(27)13-19(21,22)23/h1-6,9,12H,7-8,10-11,13H2. The molecule has 142 valence electrons. The maximum Gasteiger partial charge on any atom is 0.396 e. The van der Waals surface area contributed by atoms with E-state index in [-0.39, 0.29) is 5.82 Å². The number of benzene rings is 1. The number of hydrogen-bond donors (Lipinski definition) is 0. The Morgan fingerprint density at radius 3 is 2.37 bits per heavy atom. The molecule has 4 nitrogen and oxygen atoms in total. The monoisotopic (exact) mass is 378 g/mol. The Hall–Kier alpha value is -2.64. The number of aromatic nitrogens is 3. The maximum atomic E-state index is 15.2. The van der Waals surface area contributed by atoms with E-state index in [0.29, 0.717) is 37.1 Å². The van der Waals surface area contributed by atoms with Crippen molar-refractivity contribution >= 4 is 11.3 Å². The Morgan fingerprint density at radius 1 is 1.00 bits per heavy atom. The molecule has 1 aliphatic heterocycles. The third-order valence-corrected chi connectivity index (χ3v) is 5.03. The normalized spacial score (nSPS) is 17.4. The zero-order chi connectivity index (χ0) is 19.1. The summed E-state index contributed by atoms with van der Waals surface area (Å²) in [5.74, 6) is -0.144. The van der Waals surface area contributed by atoms with Gasteiger partial charge in [-0.1, -0.05) is 30.3 Å². The van der Waals surface area contributed by atoms with Crippen molar-refractivity contribution in [3.63, 3.8) is 0 Å². The minimum atomic E-state index is -4.34. The lowest BCUT2D eigenvalue weighted by Gasteiger charge is -2.38. The topological polar surface area (TPSA) is 33.4 Å². The number of pyridine rings is 1. The molecule has 0 atom stereocenters. The fourth-order valence-corrected chi connectivity index (χ4v) is 3.57. The first kappa shape index (κ1) is 17.8. The lowest BCUT2D eigenvalue weighted by Crippen LogP contribution is -2.40. The van der Waals surface area contributed by atoms with Crippen LogP contribution >= 0.6 is 0 Å². The van der Waals surface area contributed by atoms with E-state index in [2.05, 4.69) is 10.2 Å². The zero-order valence-corrected chi connectivity index (χ0v) is 14.5. The second-order valence-electron chi connectivity index (χ2n) is 6.84. The van der Waals surface area contributed by atoms with Crippen molar-refractivity contribution < 1.29 is 17.6 Å². The average molecular weight is 378 g/mol. The first-order valence-corrected chi connectivity index (χ1v) is 8.74. The molecule has 0 spiro atoms. The highest BCUT2D eigenvalue weighted by molar-refractivity contribution is 5.56. The summed E-state index contributed by atoms with van der Waals surface area (Å²) in [5, 5.41) is 7.49. The molecule has 0 N–H and O–H groups in total. The van der Waals surface area contributed by atoms with Gasteiger partial charge in [0, 0.05) is 43.9 Å². The molecule has 0 amide bonds. The number of fused-ring (bicyclic) bond motifs is 1. The highest BCUT2D eigenvalue weighted by atomic mass is 19.4. The van der Waals surface area contributed by atoms with Crippen LogP contribution in [-0.2, 0) is 12.1 Å². The molecule has 1 aromatic carbocycles.